The van der Waals surface area contributed by atoms with Gasteiger partial charge in [0.25, 0.3) is 5.91 Å². The number of esters is 1. The summed E-state index contributed by atoms with van der Waals surface area (Å²) in [4.78, 5) is 28.0. The summed E-state index contributed by atoms with van der Waals surface area (Å²) in [5.74, 6) is -0.0310. The van der Waals surface area contributed by atoms with Crippen molar-refractivity contribution in [2.24, 2.45) is 0 Å². The van der Waals surface area contributed by atoms with Crippen LogP contribution in [0.15, 0.2) is 39.5 Å². The number of hydrogen-bond donors (Lipinski definition) is 1. The van der Waals surface area contributed by atoms with E-state index >= 15 is 0 Å². The first kappa shape index (κ1) is 18.8. The number of anilines is 1. The largest absolute Gasteiger partial charge is 0.456 e. The highest BCUT2D eigenvalue weighted by molar-refractivity contribution is 7.08. The maximum atomic E-state index is 12.0. The van der Waals surface area contributed by atoms with Crippen molar-refractivity contribution in [3.8, 4) is 11.4 Å². The molecule has 2 heterocycles. The fourth-order valence-corrected chi connectivity index (χ4v) is 3.00. The predicted octanol–water partition coefficient (Wildman–Crippen LogP) is 3.53. The van der Waals surface area contributed by atoms with Gasteiger partial charge in [0.2, 0.25) is 11.7 Å². The zero-order valence-electron chi connectivity index (χ0n) is 15.0. The Morgan fingerprint density at radius 2 is 2.11 bits per heavy atom. The molecule has 3 rings (SSSR count). The summed E-state index contributed by atoms with van der Waals surface area (Å²) >= 11 is 1.54. The molecule has 0 unspecified atom stereocenters. The molecule has 8 heteroatoms. The van der Waals surface area contributed by atoms with Gasteiger partial charge in [-0.1, -0.05) is 17.3 Å². The lowest BCUT2D eigenvalue weighted by Crippen LogP contribution is -2.21. The number of carbonyl (C=O) groups is 2. The van der Waals surface area contributed by atoms with Crippen LogP contribution in [0.1, 0.15) is 23.4 Å². The molecule has 0 aliphatic carbocycles. The van der Waals surface area contributed by atoms with Crippen molar-refractivity contribution in [1.82, 2.24) is 10.1 Å². The lowest BCUT2D eigenvalue weighted by atomic mass is 10.1. The van der Waals surface area contributed by atoms with Crippen molar-refractivity contribution < 1.29 is 18.8 Å². The number of thiophene rings is 1. The van der Waals surface area contributed by atoms with Crippen LogP contribution in [-0.2, 0) is 20.7 Å². The van der Waals surface area contributed by atoms with Gasteiger partial charge in [-0.15, -0.1) is 0 Å². The molecule has 140 valence electrons. The molecule has 1 aromatic carbocycles. The highest BCUT2D eigenvalue weighted by Crippen LogP contribution is 2.19. The van der Waals surface area contributed by atoms with Gasteiger partial charge < -0.3 is 14.6 Å². The van der Waals surface area contributed by atoms with Gasteiger partial charge in [-0.2, -0.15) is 16.3 Å². The lowest BCUT2D eigenvalue weighted by Gasteiger charge is -2.10. The second-order valence-corrected chi connectivity index (χ2v) is 6.76. The lowest BCUT2D eigenvalue weighted by molar-refractivity contribution is -0.147. The molecule has 1 N–H and O–H groups in total. The number of aryl methyl sites for hydroxylation is 2. The molecule has 2 aromatic heterocycles. The van der Waals surface area contributed by atoms with Crippen LogP contribution >= 0.6 is 11.3 Å². The molecule has 3 aromatic rings. The van der Waals surface area contributed by atoms with E-state index in [-0.39, 0.29) is 25.4 Å². The van der Waals surface area contributed by atoms with E-state index < -0.39 is 5.97 Å². The normalized spacial score (nSPS) is 10.6. The van der Waals surface area contributed by atoms with Crippen molar-refractivity contribution in [3.63, 3.8) is 0 Å². The van der Waals surface area contributed by atoms with Crippen molar-refractivity contribution >= 4 is 28.9 Å². The molecular formula is C19H19N3O4S. The van der Waals surface area contributed by atoms with Gasteiger partial charge in [0.1, 0.15) is 0 Å². The highest BCUT2D eigenvalue weighted by Gasteiger charge is 2.13. The second-order valence-electron chi connectivity index (χ2n) is 5.98. The van der Waals surface area contributed by atoms with Crippen molar-refractivity contribution in [1.29, 1.82) is 0 Å². The average molecular weight is 385 g/mol. The number of nitrogens with one attached hydrogen (secondary N) is 1. The summed E-state index contributed by atoms with van der Waals surface area (Å²) in [6.45, 7) is 3.55. The van der Waals surface area contributed by atoms with Crippen molar-refractivity contribution in [3.05, 3.63) is 52.0 Å². The van der Waals surface area contributed by atoms with Gasteiger partial charge >= 0.3 is 5.97 Å². The Morgan fingerprint density at radius 3 is 2.89 bits per heavy atom. The zero-order chi connectivity index (χ0) is 19.2. The molecule has 0 aliphatic heterocycles. The molecular weight excluding hydrogens is 366 g/mol. The van der Waals surface area contributed by atoms with Gasteiger partial charge in [-0.3, -0.25) is 9.59 Å². The van der Waals surface area contributed by atoms with Crippen LogP contribution in [0.4, 0.5) is 5.69 Å². The molecule has 27 heavy (non-hydrogen) atoms. The van der Waals surface area contributed by atoms with E-state index in [1.54, 1.807) is 0 Å². The first-order valence-electron chi connectivity index (χ1n) is 8.40. The van der Waals surface area contributed by atoms with Crippen LogP contribution in [-0.4, -0.2) is 28.6 Å². The Kier molecular flexibility index (Phi) is 5.97. The van der Waals surface area contributed by atoms with Gasteiger partial charge in [-0.05, 0) is 42.5 Å². The monoisotopic (exact) mass is 385 g/mol. The maximum Gasteiger partial charge on any atom is 0.306 e. The molecule has 0 atom stereocenters. The molecule has 0 bridgehead atoms. The molecule has 7 nitrogen and oxygen atoms in total. The minimum atomic E-state index is -0.499. The number of ether oxygens (including phenoxy) is 1. The van der Waals surface area contributed by atoms with E-state index in [0.717, 1.165) is 16.7 Å². The molecule has 0 saturated carbocycles. The first-order chi connectivity index (χ1) is 13.0. The van der Waals surface area contributed by atoms with Crippen LogP contribution in [0, 0.1) is 13.8 Å². The topological polar surface area (TPSA) is 94.3 Å². The molecule has 0 aliphatic rings. The Hall–Kier alpha value is -3.00. The Labute approximate surface area is 160 Å². The standard InChI is InChI=1S/C19H19N3O4S/c1-12-4-3-5-15(13(12)2)20-16(23)10-25-18(24)7-6-17-21-19(22-26-17)14-8-9-27-11-14/h3-5,8-9,11H,6-7,10H2,1-2H3,(H,20,23). The fraction of sp³-hybridized carbons (Fsp3) is 0.263. The third kappa shape index (κ3) is 5.01. The minimum absolute atomic E-state index is 0.0576. The number of amides is 1. The summed E-state index contributed by atoms with van der Waals surface area (Å²) in [6.07, 6.45) is 0.316. The summed E-state index contributed by atoms with van der Waals surface area (Å²) in [6, 6.07) is 7.52. The van der Waals surface area contributed by atoms with Gasteiger partial charge in [-0.25, -0.2) is 0 Å². The first-order valence-corrected chi connectivity index (χ1v) is 9.34. The quantitative estimate of drug-likeness (QED) is 0.625. The van der Waals surface area contributed by atoms with Crippen LogP contribution in [0.25, 0.3) is 11.4 Å². The minimum Gasteiger partial charge on any atom is -0.456 e. The van der Waals surface area contributed by atoms with Crippen LogP contribution < -0.4 is 5.32 Å². The average Bonchev–Trinajstić information content (AvgIpc) is 3.33. The summed E-state index contributed by atoms with van der Waals surface area (Å²) in [7, 11) is 0. The SMILES string of the molecule is Cc1cccc(NC(=O)COC(=O)CCc2nc(-c3ccsc3)no2)c1C. The van der Waals surface area contributed by atoms with Gasteiger partial charge in [0.05, 0.1) is 6.42 Å². The van der Waals surface area contributed by atoms with E-state index in [0.29, 0.717) is 17.4 Å². The van der Waals surface area contributed by atoms with Crippen LogP contribution in [0.2, 0.25) is 0 Å². The zero-order valence-corrected chi connectivity index (χ0v) is 15.8. The van der Waals surface area contributed by atoms with Gasteiger partial charge in [0, 0.05) is 23.1 Å². The molecule has 0 spiro atoms. The van der Waals surface area contributed by atoms with E-state index in [1.165, 1.54) is 11.3 Å². The maximum absolute atomic E-state index is 12.0. The summed E-state index contributed by atoms with van der Waals surface area (Å²) < 4.78 is 10.1. The van der Waals surface area contributed by atoms with Crippen molar-refractivity contribution in [2.75, 3.05) is 11.9 Å². The fourth-order valence-electron chi connectivity index (χ4n) is 2.37. The molecule has 0 fully saturated rings. The molecule has 0 saturated heterocycles. The Bertz CT molecular complexity index is 934. The molecule has 0 radical (unpaired) electrons. The Morgan fingerprint density at radius 1 is 1.26 bits per heavy atom. The number of carbonyl (C=O) groups excluding carboxylic acids is 2. The van der Waals surface area contributed by atoms with Crippen LogP contribution in [0.5, 0.6) is 0 Å². The molecule has 1 amide bonds. The summed E-state index contributed by atoms with van der Waals surface area (Å²) in [5, 5.41) is 10.5. The van der Waals surface area contributed by atoms with Gasteiger partial charge in [0.15, 0.2) is 6.61 Å². The van der Waals surface area contributed by atoms with E-state index in [2.05, 4.69) is 15.5 Å². The third-order valence-electron chi connectivity index (χ3n) is 4.03. The summed E-state index contributed by atoms with van der Waals surface area (Å²) in [5.41, 5.74) is 3.64. The van der Waals surface area contributed by atoms with Crippen LogP contribution in [0.3, 0.4) is 0 Å². The predicted molar refractivity (Wildman–Crippen MR) is 101 cm³/mol. The number of hydrogen-bond acceptors (Lipinski definition) is 7. The van der Waals surface area contributed by atoms with Crippen molar-refractivity contribution in [2.45, 2.75) is 26.7 Å². The number of rotatable bonds is 7. The van der Waals surface area contributed by atoms with E-state index in [4.69, 9.17) is 9.26 Å². The number of aromatic nitrogens is 2. The van der Waals surface area contributed by atoms with E-state index in [9.17, 15) is 9.59 Å². The number of nitrogens with zero attached hydrogens (tertiary/aromatic N) is 2. The highest BCUT2D eigenvalue weighted by atomic mass is 32.1. The third-order valence-corrected chi connectivity index (χ3v) is 4.72. The number of benzene rings is 1. The Balaban J connectivity index is 1.43. The second kappa shape index (κ2) is 8.59. The smallest absolute Gasteiger partial charge is 0.306 e. The van der Waals surface area contributed by atoms with E-state index in [1.807, 2.05) is 48.9 Å².